The van der Waals surface area contributed by atoms with Crippen LogP contribution in [-0.2, 0) is 11.2 Å². The predicted octanol–water partition coefficient (Wildman–Crippen LogP) is 4.12. The van der Waals surface area contributed by atoms with E-state index in [4.69, 9.17) is 9.15 Å². The van der Waals surface area contributed by atoms with Gasteiger partial charge in [0.05, 0.1) is 13.3 Å². The fourth-order valence-corrected chi connectivity index (χ4v) is 3.28. The van der Waals surface area contributed by atoms with Crippen LogP contribution in [0.1, 0.15) is 50.8 Å². The predicted molar refractivity (Wildman–Crippen MR) is 96.4 cm³/mol. The van der Waals surface area contributed by atoms with Gasteiger partial charge in [-0.15, -0.1) is 0 Å². The van der Waals surface area contributed by atoms with Crippen LogP contribution in [0, 0.1) is 0 Å². The lowest BCUT2D eigenvalue weighted by atomic mass is 10.1. The molecule has 1 fully saturated rings. The molecule has 0 unspecified atom stereocenters. The normalized spacial score (nSPS) is 15.6. The Morgan fingerprint density at radius 3 is 2.84 bits per heavy atom. The molecule has 2 aromatic rings. The number of nitrogens with zero attached hydrogens (tertiary/aromatic N) is 1. The van der Waals surface area contributed by atoms with E-state index in [1.165, 1.54) is 25.7 Å². The van der Waals surface area contributed by atoms with Gasteiger partial charge in [0.25, 0.3) is 0 Å². The summed E-state index contributed by atoms with van der Waals surface area (Å²) in [6.45, 7) is 0. The van der Waals surface area contributed by atoms with Crippen LogP contribution < -0.4 is 10.1 Å². The number of hydrogen-bond acceptors (Lipinski definition) is 4. The standard InChI is InChI=1S/C20H26N2O3/c1-24-17-10-6-7-15(13-17)18-14-21-20(25-18)12-11-19(23)22-16-8-4-2-3-5-9-16/h6-7,10,13-14,16H,2-5,8-9,11-12H2,1H3,(H,22,23). The molecule has 1 heterocycles. The van der Waals surface area contributed by atoms with Crippen LogP contribution in [0.15, 0.2) is 34.9 Å². The van der Waals surface area contributed by atoms with Crippen LogP contribution in [-0.4, -0.2) is 24.0 Å². The highest BCUT2D eigenvalue weighted by molar-refractivity contribution is 5.76. The molecule has 0 radical (unpaired) electrons. The van der Waals surface area contributed by atoms with Gasteiger partial charge in [-0.3, -0.25) is 4.79 Å². The van der Waals surface area contributed by atoms with Crippen molar-refractivity contribution in [3.63, 3.8) is 0 Å². The summed E-state index contributed by atoms with van der Waals surface area (Å²) in [6, 6.07) is 8.00. The molecule has 1 saturated carbocycles. The maximum Gasteiger partial charge on any atom is 0.220 e. The number of hydrogen-bond donors (Lipinski definition) is 1. The minimum absolute atomic E-state index is 0.0908. The van der Waals surface area contributed by atoms with Gasteiger partial charge in [-0.2, -0.15) is 0 Å². The lowest BCUT2D eigenvalue weighted by molar-refractivity contribution is -0.121. The average molecular weight is 342 g/mol. The van der Waals surface area contributed by atoms with Gasteiger partial charge in [0.2, 0.25) is 5.91 Å². The first-order valence-corrected chi connectivity index (χ1v) is 9.13. The Balaban J connectivity index is 1.51. The molecule has 0 bridgehead atoms. The quantitative estimate of drug-likeness (QED) is 0.802. The Hall–Kier alpha value is -2.30. The van der Waals surface area contributed by atoms with Crippen molar-refractivity contribution in [2.24, 2.45) is 0 Å². The zero-order valence-corrected chi connectivity index (χ0v) is 14.8. The first-order chi connectivity index (χ1) is 12.2. The summed E-state index contributed by atoms with van der Waals surface area (Å²) >= 11 is 0. The zero-order chi connectivity index (χ0) is 17.5. The van der Waals surface area contributed by atoms with Crippen molar-refractivity contribution in [1.29, 1.82) is 0 Å². The van der Waals surface area contributed by atoms with E-state index >= 15 is 0 Å². The van der Waals surface area contributed by atoms with E-state index in [1.807, 2.05) is 24.3 Å². The van der Waals surface area contributed by atoms with Crippen molar-refractivity contribution in [3.8, 4) is 17.1 Å². The summed E-state index contributed by atoms with van der Waals surface area (Å²) in [7, 11) is 1.64. The second-order valence-electron chi connectivity index (χ2n) is 6.61. The van der Waals surface area contributed by atoms with Gasteiger partial charge in [0, 0.05) is 24.4 Å². The molecule has 3 rings (SSSR count). The number of benzene rings is 1. The van der Waals surface area contributed by atoms with Crippen molar-refractivity contribution < 1.29 is 13.9 Å². The number of ether oxygens (including phenoxy) is 1. The van der Waals surface area contributed by atoms with Crippen LogP contribution in [0.3, 0.4) is 0 Å². The maximum atomic E-state index is 12.2. The molecule has 1 amide bonds. The molecule has 0 aliphatic heterocycles. The van der Waals surface area contributed by atoms with Crippen molar-refractivity contribution >= 4 is 5.91 Å². The molecule has 0 atom stereocenters. The van der Waals surface area contributed by atoms with Crippen LogP contribution >= 0.6 is 0 Å². The molecule has 5 heteroatoms. The van der Waals surface area contributed by atoms with E-state index in [1.54, 1.807) is 13.3 Å². The van der Waals surface area contributed by atoms with E-state index in [9.17, 15) is 4.79 Å². The molecule has 0 spiro atoms. The van der Waals surface area contributed by atoms with Gasteiger partial charge in [0.1, 0.15) is 5.75 Å². The van der Waals surface area contributed by atoms with Gasteiger partial charge in [-0.1, -0.05) is 37.8 Å². The zero-order valence-electron chi connectivity index (χ0n) is 14.8. The van der Waals surface area contributed by atoms with Crippen LogP contribution in [0.2, 0.25) is 0 Å². The highest BCUT2D eigenvalue weighted by Crippen LogP contribution is 2.24. The second kappa shape index (κ2) is 8.70. The molecular formula is C20H26N2O3. The number of carbonyl (C=O) groups is 1. The molecule has 1 N–H and O–H groups in total. The molecule has 1 aromatic carbocycles. The number of oxazole rings is 1. The summed E-state index contributed by atoms with van der Waals surface area (Å²) in [6.07, 6.45) is 9.84. The lowest BCUT2D eigenvalue weighted by Gasteiger charge is -2.15. The molecule has 1 aliphatic carbocycles. The molecule has 1 aromatic heterocycles. The molecule has 1 aliphatic rings. The van der Waals surface area contributed by atoms with Crippen LogP contribution in [0.5, 0.6) is 5.75 Å². The Kier molecular flexibility index (Phi) is 6.09. The average Bonchev–Trinajstić information content (AvgIpc) is 2.97. The highest BCUT2D eigenvalue weighted by atomic mass is 16.5. The van der Waals surface area contributed by atoms with Crippen molar-refractivity contribution in [3.05, 3.63) is 36.4 Å². The van der Waals surface area contributed by atoms with E-state index in [2.05, 4.69) is 10.3 Å². The third-order valence-corrected chi connectivity index (χ3v) is 4.69. The summed E-state index contributed by atoms with van der Waals surface area (Å²) in [4.78, 5) is 16.5. The molecule has 134 valence electrons. The Bertz CT molecular complexity index is 688. The Morgan fingerprint density at radius 2 is 2.08 bits per heavy atom. The SMILES string of the molecule is COc1cccc(-c2cnc(CCC(=O)NC3CCCCCC3)o2)c1. The van der Waals surface area contributed by atoms with E-state index in [-0.39, 0.29) is 5.91 Å². The number of aryl methyl sites for hydroxylation is 1. The number of methoxy groups -OCH3 is 1. The van der Waals surface area contributed by atoms with Gasteiger partial charge in [-0.05, 0) is 25.0 Å². The Labute approximate surface area is 148 Å². The second-order valence-corrected chi connectivity index (χ2v) is 6.61. The highest BCUT2D eigenvalue weighted by Gasteiger charge is 2.15. The lowest BCUT2D eigenvalue weighted by Crippen LogP contribution is -2.34. The van der Waals surface area contributed by atoms with Crippen molar-refractivity contribution in [2.75, 3.05) is 7.11 Å². The first kappa shape index (κ1) is 17.5. The fourth-order valence-electron chi connectivity index (χ4n) is 3.28. The molecule has 5 nitrogen and oxygen atoms in total. The summed E-state index contributed by atoms with van der Waals surface area (Å²) in [5.74, 6) is 2.15. The monoisotopic (exact) mass is 342 g/mol. The first-order valence-electron chi connectivity index (χ1n) is 9.13. The van der Waals surface area contributed by atoms with Gasteiger partial charge in [-0.25, -0.2) is 4.98 Å². The third kappa shape index (κ3) is 5.08. The van der Waals surface area contributed by atoms with Crippen molar-refractivity contribution in [2.45, 2.75) is 57.4 Å². The molecular weight excluding hydrogens is 316 g/mol. The van der Waals surface area contributed by atoms with Gasteiger partial charge < -0.3 is 14.5 Å². The molecule has 0 saturated heterocycles. The van der Waals surface area contributed by atoms with E-state index in [0.717, 1.165) is 24.2 Å². The minimum Gasteiger partial charge on any atom is -0.497 e. The van der Waals surface area contributed by atoms with E-state index in [0.29, 0.717) is 30.5 Å². The number of amides is 1. The van der Waals surface area contributed by atoms with Gasteiger partial charge in [0.15, 0.2) is 11.7 Å². The fraction of sp³-hybridized carbons (Fsp3) is 0.500. The summed E-state index contributed by atoms with van der Waals surface area (Å²) in [5, 5.41) is 3.16. The number of rotatable bonds is 6. The summed E-state index contributed by atoms with van der Waals surface area (Å²) in [5.41, 5.74) is 0.918. The number of carbonyl (C=O) groups excluding carboxylic acids is 1. The van der Waals surface area contributed by atoms with E-state index < -0.39 is 0 Å². The topological polar surface area (TPSA) is 64.4 Å². The van der Waals surface area contributed by atoms with Crippen LogP contribution in [0.4, 0.5) is 0 Å². The van der Waals surface area contributed by atoms with Gasteiger partial charge >= 0.3 is 0 Å². The molecule has 25 heavy (non-hydrogen) atoms. The minimum atomic E-state index is 0.0908. The third-order valence-electron chi connectivity index (χ3n) is 4.69. The Morgan fingerprint density at radius 1 is 1.28 bits per heavy atom. The van der Waals surface area contributed by atoms with Crippen LogP contribution in [0.25, 0.3) is 11.3 Å². The smallest absolute Gasteiger partial charge is 0.220 e. The number of nitrogens with one attached hydrogen (secondary N) is 1. The largest absolute Gasteiger partial charge is 0.497 e. The maximum absolute atomic E-state index is 12.2. The van der Waals surface area contributed by atoms with Crippen molar-refractivity contribution in [1.82, 2.24) is 10.3 Å². The summed E-state index contributed by atoms with van der Waals surface area (Å²) < 4.78 is 11.0. The number of aromatic nitrogens is 1.